The highest BCUT2D eigenvalue weighted by Gasteiger charge is 2.15. The number of Topliss-reactive ketones (excluding diaryl/α,β-unsaturated/α-hetero) is 1. The van der Waals surface area contributed by atoms with Gasteiger partial charge in [-0.15, -0.1) is 0 Å². The average Bonchev–Trinajstić information content (AvgIpc) is 2.42. The van der Waals surface area contributed by atoms with Crippen molar-refractivity contribution in [2.75, 3.05) is 6.54 Å². The highest BCUT2D eigenvalue weighted by molar-refractivity contribution is 6.04. The lowest BCUT2D eigenvalue weighted by atomic mass is 10.2. The molecule has 0 aliphatic heterocycles. The summed E-state index contributed by atoms with van der Waals surface area (Å²) in [7, 11) is 0. The number of ketones is 1. The standard InChI is InChI=1S/C16H22N2O2/c1-4-10-18-15(13(3)19)16(12(2)17)20-11-14-8-6-5-7-9-14/h5-9,17-18H,4,10-11H2,1-3H3/b16-15+,17-12?. The van der Waals surface area contributed by atoms with Crippen molar-refractivity contribution in [1.29, 1.82) is 5.41 Å². The van der Waals surface area contributed by atoms with Gasteiger partial charge < -0.3 is 15.5 Å². The summed E-state index contributed by atoms with van der Waals surface area (Å²) in [6.45, 7) is 6.15. The Hall–Kier alpha value is -2.10. The Morgan fingerprint density at radius 3 is 2.40 bits per heavy atom. The van der Waals surface area contributed by atoms with Gasteiger partial charge in [-0.25, -0.2) is 0 Å². The van der Waals surface area contributed by atoms with Crippen LogP contribution >= 0.6 is 0 Å². The molecule has 0 saturated heterocycles. The minimum Gasteiger partial charge on any atom is -0.485 e. The molecule has 108 valence electrons. The average molecular weight is 274 g/mol. The predicted molar refractivity (Wildman–Crippen MR) is 80.6 cm³/mol. The number of hydrogen-bond acceptors (Lipinski definition) is 4. The van der Waals surface area contributed by atoms with Crippen molar-refractivity contribution in [1.82, 2.24) is 5.32 Å². The lowest BCUT2D eigenvalue weighted by molar-refractivity contribution is -0.114. The van der Waals surface area contributed by atoms with Crippen LogP contribution in [0.2, 0.25) is 0 Å². The molecule has 1 rings (SSSR count). The minimum absolute atomic E-state index is 0.117. The predicted octanol–water partition coefficient (Wildman–Crippen LogP) is 3.04. The topological polar surface area (TPSA) is 62.2 Å². The van der Waals surface area contributed by atoms with Crippen molar-refractivity contribution in [3.63, 3.8) is 0 Å². The molecule has 0 aromatic heterocycles. The van der Waals surface area contributed by atoms with Crippen LogP contribution in [-0.2, 0) is 16.1 Å². The third-order valence-electron chi connectivity index (χ3n) is 2.70. The second-order valence-electron chi connectivity index (χ2n) is 4.59. The monoisotopic (exact) mass is 274 g/mol. The number of allylic oxidation sites excluding steroid dienone is 2. The summed E-state index contributed by atoms with van der Waals surface area (Å²) in [5.41, 5.74) is 1.63. The van der Waals surface area contributed by atoms with Gasteiger partial charge in [0.1, 0.15) is 12.3 Å². The fourth-order valence-corrected chi connectivity index (χ4v) is 1.71. The molecule has 0 atom stereocenters. The molecular weight excluding hydrogens is 252 g/mol. The van der Waals surface area contributed by atoms with Crippen molar-refractivity contribution in [3.8, 4) is 0 Å². The van der Waals surface area contributed by atoms with Gasteiger partial charge in [0.25, 0.3) is 0 Å². The molecule has 0 saturated carbocycles. The van der Waals surface area contributed by atoms with E-state index < -0.39 is 0 Å². The molecular formula is C16H22N2O2. The Morgan fingerprint density at radius 1 is 1.25 bits per heavy atom. The quantitative estimate of drug-likeness (QED) is 0.435. The normalized spacial score (nSPS) is 11.6. The van der Waals surface area contributed by atoms with E-state index in [4.69, 9.17) is 10.1 Å². The number of ether oxygens (including phenoxy) is 1. The first kappa shape index (κ1) is 16.0. The van der Waals surface area contributed by atoms with Crippen LogP contribution in [0.4, 0.5) is 0 Å². The largest absolute Gasteiger partial charge is 0.485 e. The van der Waals surface area contributed by atoms with Crippen molar-refractivity contribution in [2.24, 2.45) is 0 Å². The Bertz CT molecular complexity index is 492. The fraction of sp³-hybridized carbons (Fsp3) is 0.375. The Labute approximate surface area is 120 Å². The van der Waals surface area contributed by atoms with Gasteiger partial charge in [0, 0.05) is 13.5 Å². The summed E-state index contributed by atoms with van der Waals surface area (Å²) in [6.07, 6.45) is 0.903. The smallest absolute Gasteiger partial charge is 0.179 e. The van der Waals surface area contributed by atoms with Crippen LogP contribution in [0.15, 0.2) is 41.8 Å². The van der Waals surface area contributed by atoms with Gasteiger partial charge in [0.15, 0.2) is 11.5 Å². The molecule has 0 unspecified atom stereocenters. The molecule has 20 heavy (non-hydrogen) atoms. The molecule has 0 aliphatic rings. The van der Waals surface area contributed by atoms with E-state index in [2.05, 4.69) is 5.32 Å². The molecule has 1 aromatic carbocycles. The van der Waals surface area contributed by atoms with E-state index >= 15 is 0 Å². The molecule has 0 aliphatic carbocycles. The van der Waals surface area contributed by atoms with Crippen LogP contribution in [0.3, 0.4) is 0 Å². The van der Waals surface area contributed by atoms with Crippen LogP contribution in [0.1, 0.15) is 32.8 Å². The Balaban J connectivity index is 2.90. The van der Waals surface area contributed by atoms with Gasteiger partial charge in [-0.3, -0.25) is 4.79 Å². The molecule has 0 heterocycles. The van der Waals surface area contributed by atoms with Crippen LogP contribution in [0.25, 0.3) is 0 Å². The molecule has 0 fully saturated rings. The maximum absolute atomic E-state index is 11.7. The van der Waals surface area contributed by atoms with Crippen LogP contribution < -0.4 is 5.32 Å². The summed E-state index contributed by atoms with van der Waals surface area (Å²) in [4.78, 5) is 11.7. The van der Waals surface area contributed by atoms with Crippen molar-refractivity contribution >= 4 is 11.5 Å². The van der Waals surface area contributed by atoms with Gasteiger partial charge in [-0.05, 0) is 18.9 Å². The number of rotatable bonds is 8. The highest BCUT2D eigenvalue weighted by Crippen LogP contribution is 2.11. The summed E-state index contributed by atoms with van der Waals surface area (Å²) in [5.74, 6) is 0.211. The zero-order valence-electron chi connectivity index (χ0n) is 12.3. The fourth-order valence-electron chi connectivity index (χ4n) is 1.71. The Morgan fingerprint density at radius 2 is 1.90 bits per heavy atom. The van der Waals surface area contributed by atoms with Gasteiger partial charge in [-0.1, -0.05) is 37.3 Å². The molecule has 4 heteroatoms. The molecule has 2 N–H and O–H groups in total. The van der Waals surface area contributed by atoms with Crippen molar-refractivity contribution in [2.45, 2.75) is 33.8 Å². The Kier molecular flexibility index (Phi) is 6.50. The van der Waals surface area contributed by atoms with E-state index in [9.17, 15) is 4.79 Å². The van der Waals surface area contributed by atoms with Crippen LogP contribution in [0.5, 0.6) is 0 Å². The van der Waals surface area contributed by atoms with Crippen LogP contribution in [-0.4, -0.2) is 18.0 Å². The van der Waals surface area contributed by atoms with E-state index in [1.165, 1.54) is 6.92 Å². The first-order valence-electron chi connectivity index (χ1n) is 6.77. The zero-order valence-corrected chi connectivity index (χ0v) is 12.3. The lowest BCUT2D eigenvalue weighted by Crippen LogP contribution is -2.24. The van der Waals surface area contributed by atoms with Crippen molar-refractivity contribution in [3.05, 3.63) is 47.4 Å². The van der Waals surface area contributed by atoms with Crippen molar-refractivity contribution < 1.29 is 9.53 Å². The summed E-state index contributed by atoms with van der Waals surface area (Å²) in [6, 6.07) is 9.70. The molecule has 0 radical (unpaired) electrons. The number of nitrogens with one attached hydrogen (secondary N) is 2. The minimum atomic E-state index is -0.117. The van der Waals surface area contributed by atoms with Gasteiger partial charge in [0.2, 0.25) is 0 Å². The molecule has 0 bridgehead atoms. The number of carbonyl (C=O) groups is 1. The second kappa shape index (κ2) is 8.15. The number of carbonyl (C=O) groups excluding carboxylic acids is 1. The molecule has 0 amide bonds. The highest BCUT2D eigenvalue weighted by atomic mass is 16.5. The van der Waals surface area contributed by atoms with E-state index in [0.29, 0.717) is 24.6 Å². The number of benzene rings is 1. The first-order chi connectivity index (χ1) is 9.56. The molecule has 0 spiro atoms. The second-order valence-corrected chi connectivity index (χ2v) is 4.59. The maximum Gasteiger partial charge on any atom is 0.179 e. The third-order valence-corrected chi connectivity index (χ3v) is 2.70. The van der Waals surface area contributed by atoms with E-state index in [1.807, 2.05) is 37.3 Å². The van der Waals surface area contributed by atoms with E-state index in [0.717, 1.165) is 12.0 Å². The van der Waals surface area contributed by atoms with Crippen LogP contribution in [0, 0.1) is 5.41 Å². The SMILES string of the molecule is CCCN/C(C(C)=O)=C(/OCc1ccccc1)C(C)=N. The molecule has 1 aromatic rings. The van der Waals surface area contributed by atoms with E-state index in [-0.39, 0.29) is 11.5 Å². The summed E-state index contributed by atoms with van der Waals surface area (Å²) >= 11 is 0. The van der Waals surface area contributed by atoms with Gasteiger partial charge >= 0.3 is 0 Å². The van der Waals surface area contributed by atoms with Gasteiger partial charge in [0.05, 0.1) is 5.71 Å². The summed E-state index contributed by atoms with van der Waals surface area (Å²) in [5, 5.41) is 10.9. The van der Waals surface area contributed by atoms with E-state index in [1.54, 1.807) is 6.92 Å². The zero-order chi connectivity index (χ0) is 15.0. The number of hydrogen-bond donors (Lipinski definition) is 2. The maximum atomic E-state index is 11.7. The molecule has 4 nitrogen and oxygen atoms in total. The first-order valence-corrected chi connectivity index (χ1v) is 6.77. The van der Waals surface area contributed by atoms with Gasteiger partial charge in [-0.2, -0.15) is 0 Å². The third kappa shape index (κ3) is 4.88. The lowest BCUT2D eigenvalue weighted by Gasteiger charge is -2.15. The summed E-state index contributed by atoms with van der Waals surface area (Å²) < 4.78 is 5.68.